The van der Waals surface area contributed by atoms with Crippen molar-refractivity contribution in [1.29, 1.82) is 0 Å². The molecule has 0 saturated carbocycles. The lowest BCUT2D eigenvalue weighted by Gasteiger charge is -2.36. The minimum atomic E-state index is -0.367. The van der Waals surface area contributed by atoms with Crippen LogP contribution in [-0.4, -0.2) is 34.7 Å². The van der Waals surface area contributed by atoms with E-state index in [-0.39, 0.29) is 18.2 Å². The summed E-state index contributed by atoms with van der Waals surface area (Å²) in [5.41, 5.74) is 5.18. The maximum absolute atomic E-state index is 10.9. The van der Waals surface area contributed by atoms with Gasteiger partial charge >= 0.3 is 6.03 Å². The van der Waals surface area contributed by atoms with Crippen LogP contribution in [0.5, 0.6) is 0 Å². The molecule has 70 valence electrons. The zero-order valence-corrected chi connectivity index (χ0v) is 7.36. The molecule has 4 heteroatoms. The van der Waals surface area contributed by atoms with Gasteiger partial charge in [-0.3, -0.25) is 0 Å². The van der Waals surface area contributed by atoms with Crippen LogP contribution in [0.2, 0.25) is 0 Å². The first-order valence-corrected chi connectivity index (χ1v) is 4.39. The van der Waals surface area contributed by atoms with Crippen LogP contribution in [-0.2, 0) is 0 Å². The van der Waals surface area contributed by atoms with E-state index in [0.717, 1.165) is 6.42 Å². The van der Waals surface area contributed by atoms with Crippen LogP contribution in [0.1, 0.15) is 26.2 Å². The number of carbonyl (C=O) groups is 1. The van der Waals surface area contributed by atoms with Crippen molar-refractivity contribution >= 4 is 6.03 Å². The lowest BCUT2D eigenvalue weighted by Crippen LogP contribution is -2.49. The maximum Gasteiger partial charge on any atom is 0.315 e. The normalized spacial score (nSPS) is 30.3. The summed E-state index contributed by atoms with van der Waals surface area (Å²) in [6.07, 6.45) is 1.92. The van der Waals surface area contributed by atoms with E-state index in [1.165, 1.54) is 0 Å². The van der Waals surface area contributed by atoms with Crippen LogP contribution in [0.3, 0.4) is 0 Å². The number of nitrogens with two attached hydrogens (primary N) is 1. The van der Waals surface area contributed by atoms with Crippen molar-refractivity contribution in [3.8, 4) is 0 Å². The van der Waals surface area contributed by atoms with Crippen molar-refractivity contribution in [3.63, 3.8) is 0 Å². The van der Waals surface area contributed by atoms with Crippen LogP contribution in [0.4, 0.5) is 4.79 Å². The first kappa shape index (κ1) is 9.32. The third kappa shape index (κ3) is 1.88. The molecule has 0 aromatic rings. The Balaban J connectivity index is 2.56. The zero-order valence-electron chi connectivity index (χ0n) is 7.36. The van der Waals surface area contributed by atoms with E-state index in [9.17, 15) is 9.90 Å². The standard InChI is InChI=1S/C8H16N2O2/c1-2-6-5-7(11)3-4-10(6)8(9)12/h6-7,11H,2-5H2,1H3,(H2,9,12). The molecule has 0 aromatic carbocycles. The summed E-state index contributed by atoms with van der Waals surface area (Å²) in [6, 6.07) is -0.236. The highest BCUT2D eigenvalue weighted by atomic mass is 16.3. The van der Waals surface area contributed by atoms with Gasteiger partial charge in [-0.25, -0.2) is 4.79 Å². The van der Waals surface area contributed by atoms with Crippen LogP contribution in [0.15, 0.2) is 0 Å². The van der Waals surface area contributed by atoms with E-state index in [1.807, 2.05) is 6.92 Å². The molecular formula is C8H16N2O2. The Morgan fingerprint density at radius 2 is 2.42 bits per heavy atom. The Morgan fingerprint density at radius 3 is 2.92 bits per heavy atom. The number of hydrogen-bond acceptors (Lipinski definition) is 2. The van der Waals surface area contributed by atoms with Gasteiger partial charge in [-0.1, -0.05) is 6.92 Å². The molecule has 2 unspecified atom stereocenters. The van der Waals surface area contributed by atoms with E-state index >= 15 is 0 Å². The summed E-state index contributed by atoms with van der Waals surface area (Å²) >= 11 is 0. The molecule has 1 aliphatic heterocycles. The number of piperidine rings is 1. The smallest absolute Gasteiger partial charge is 0.315 e. The summed E-state index contributed by atoms with van der Waals surface area (Å²) in [7, 11) is 0. The van der Waals surface area contributed by atoms with Crippen LogP contribution >= 0.6 is 0 Å². The largest absolute Gasteiger partial charge is 0.393 e. The Hall–Kier alpha value is -0.770. The monoisotopic (exact) mass is 172 g/mol. The lowest BCUT2D eigenvalue weighted by molar-refractivity contribution is 0.0602. The zero-order chi connectivity index (χ0) is 9.14. The number of urea groups is 1. The molecule has 1 saturated heterocycles. The summed E-state index contributed by atoms with van der Waals surface area (Å²) in [5, 5.41) is 9.33. The molecule has 12 heavy (non-hydrogen) atoms. The number of amides is 2. The van der Waals surface area contributed by atoms with Gasteiger partial charge in [0.15, 0.2) is 0 Å². The van der Waals surface area contributed by atoms with Gasteiger partial charge in [0, 0.05) is 12.6 Å². The number of carbonyl (C=O) groups excluding carboxylic acids is 1. The summed E-state index contributed by atoms with van der Waals surface area (Å²) < 4.78 is 0. The molecule has 0 aliphatic carbocycles. The number of aliphatic hydroxyl groups excluding tert-OH is 1. The van der Waals surface area contributed by atoms with Crippen LogP contribution < -0.4 is 5.73 Å². The lowest BCUT2D eigenvalue weighted by atomic mass is 9.98. The predicted molar refractivity (Wildman–Crippen MR) is 45.6 cm³/mol. The van der Waals surface area contributed by atoms with E-state index in [0.29, 0.717) is 19.4 Å². The molecule has 0 spiro atoms. The van der Waals surface area contributed by atoms with Crippen LogP contribution in [0.25, 0.3) is 0 Å². The van der Waals surface area contributed by atoms with E-state index < -0.39 is 0 Å². The van der Waals surface area contributed by atoms with Gasteiger partial charge in [0.1, 0.15) is 0 Å². The Labute approximate surface area is 72.3 Å². The molecule has 4 nitrogen and oxygen atoms in total. The molecule has 2 atom stereocenters. The number of aliphatic hydroxyl groups is 1. The van der Waals surface area contributed by atoms with Crippen molar-refractivity contribution in [1.82, 2.24) is 4.90 Å². The van der Waals surface area contributed by atoms with Gasteiger partial charge in [-0.2, -0.15) is 0 Å². The van der Waals surface area contributed by atoms with Crippen molar-refractivity contribution in [2.24, 2.45) is 5.73 Å². The average molecular weight is 172 g/mol. The SMILES string of the molecule is CCC1CC(O)CCN1C(N)=O. The molecule has 3 N–H and O–H groups in total. The van der Waals surface area contributed by atoms with Gasteiger partial charge in [-0.15, -0.1) is 0 Å². The molecule has 2 amide bonds. The van der Waals surface area contributed by atoms with Gasteiger partial charge in [0.2, 0.25) is 0 Å². The second-order valence-electron chi connectivity index (χ2n) is 3.27. The maximum atomic E-state index is 10.9. The van der Waals surface area contributed by atoms with E-state index in [2.05, 4.69) is 0 Å². The highest BCUT2D eigenvalue weighted by Crippen LogP contribution is 2.19. The van der Waals surface area contributed by atoms with Crippen molar-refractivity contribution in [2.75, 3.05) is 6.54 Å². The van der Waals surface area contributed by atoms with E-state index in [4.69, 9.17) is 5.73 Å². The predicted octanol–water partition coefficient (Wildman–Crippen LogP) is 0.300. The third-order valence-electron chi connectivity index (χ3n) is 2.44. The topological polar surface area (TPSA) is 66.6 Å². The van der Waals surface area contributed by atoms with Crippen molar-refractivity contribution in [2.45, 2.75) is 38.3 Å². The number of nitrogens with zero attached hydrogens (tertiary/aromatic N) is 1. The van der Waals surface area contributed by atoms with Gasteiger partial charge in [-0.05, 0) is 19.3 Å². The van der Waals surface area contributed by atoms with Crippen LogP contribution in [0, 0.1) is 0 Å². The fourth-order valence-corrected chi connectivity index (χ4v) is 1.71. The second-order valence-corrected chi connectivity index (χ2v) is 3.27. The minimum Gasteiger partial charge on any atom is -0.393 e. The summed E-state index contributed by atoms with van der Waals surface area (Å²) in [5.74, 6) is 0. The fraction of sp³-hybridized carbons (Fsp3) is 0.875. The number of likely N-dealkylation sites (tertiary alicyclic amines) is 1. The molecule has 1 aliphatic rings. The molecule has 1 heterocycles. The quantitative estimate of drug-likeness (QED) is 0.597. The Morgan fingerprint density at radius 1 is 1.75 bits per heavy atom. The first-order valence-electron chi connectivity index (χ1n) is 4.39. The van der Waals surface area contributed by atoms with Crippen molar-refractivity contribution in [3.05, 3.63) is 0 Å². The van der Waals surface area contributed by atoms with Gasteiger partial charge in [0.05, 0.1) is 6.10 Å². The van der Waals surface area contributed by atoms with Crippen molar-refractivity contribution < 1.29 is 9.90 Å². The summed E-state index contributed by atoms with van der Waals surface area (Å²) in [6.45, 7) is 2.59. The third-order valence-corrected chi connectivity index (χ3v) is 2.44. The summed E-state index contributed by atoms with van der Waals surface area (Å²) in [4.78, 5) is 12.5. The molecule has 0 bridgehead atoms. The average Bonchev–Trinajstić information content (AvgIpc) is 2.03. The molecule has 1 fully saturated rings. The number of rotatable bonds is 1. The highest BCUT2D eigenvalue weighted by molar-refractivity contribution is 5.72. The molecule has 0 aromatic heterocycles. The second kappa shape index (κ2) is 3.76. The van der Waals surface area contributed by atoms with E-state index in [1.54, 1.807) is 4.90 Å². The van der Waals surface area contributed by atoms with Gasteiger partial charge in [0.25, 0.3) is 0 Å². The first-order chi connectivity index (χ1) is 5.65. The fourth-order valence-electron chi connectivity index (χ4n) is 1.71. The Bertz CT molecular complexity index is 172. The molecular weight excluding hydrogens is 156 g/mol. The number of primary amides is 1. The Kier molecular flexibility index (Phi) is 2.92. The highest BCUT2D eigenvalue weighted by Gasteiger charge is 2.27. The molecule has 0 radical (unpaired) electrons. The minimum absolute atomic E-state index is 0.131. The van der Waals surface area contributed by atoms with Gasteiger partial charge < -0.3 is 15.7 Å². The molecule has 1 rings (SSSR count). The number of hydrogen-bond donors (Lipinski definition) is 2.